The lowest BCUT2D eigenvalue weighted by molar-refractivity contribution is -0.140. The topological polar surface area (TPSA) is 93.7 Å². The van der Waals surface area contributed by atoms with Crippen LogP contribution in [0, 0.1) is 0 Å². The first-order valence-corrected chi connectivity index (χ1v) is 7.23. The number of anilines is 1. The molecular weight excluding hydrogens is 300 g/mol. The molecule has 2 N–H and O–H groups in total. The van der Waals surface area contributed by atoms with Crippen molar-refractivity contribution in [1.82, 2.24) is 5.32 Å². The minimum absolute atomic E-state index is 0.137. The van der Waals surface area contributed by atoms with Crippen molar-refractivity contribution in [3.63, 3.8) is 0 Å². The van der Waals surface area contributed by atoms with Crippen LogP contribution in [-0.4, -0.2) is 37.7 Å². The first-order valence-electron chi connectivity index (χ1n) is 7.23. The average Bonchev–Trinajstić information content (AvgIpc) is 2.54. The third kappa shape index (κ3) is 8.92. The summed E-state index contributed by atoms with van der Waals surface area (Å²) in [5.41, 5.74) is 0.695. The van der Waals surface area contributed by atoms with Gasteiger partial charge in [0.15, 0.2) is 0 Å². The molecule has 0 aliphatic carbocycles. The Kier molecular flexibility index (Phi) is 8.58. The van der Waals surface area contributed by atoms with Crippen molar-refractivity contribution in [2.24, 2.45) is 0 Å². The minimum Gasteiger partial charge on any atom is -0.463 e. The second-order valence-corrected chi connectivity index (χ2v) is 4.35. The second-order valence-electron chi connectivity index (χ2n) is 4.35. The van der Waals surface area contributed by atoms with Crippen LogP contribution in [0.15, 0.2) is 42.5 Å². The van der Waals surface area contributed by atoms with E-state index in [9.17, 15) is 14.4 Å². The molecular formula is C16H20N2O5. The number of hydrogen-bond donors (Lipinski definition) is 2. The lowest BCUT2D eigenvalue weighted by Gasteiger charge is -2.07. The molecule has 7 nitrogen and oxygen atoms in total. The van der Waals surface area contributed by atoms with Crippen LogP contribution in [0.3, 0.4) is 0 Å². The van der Waals surface area contributed by atoms with Crippen molar-refractivity contribution in [3.8, 4) is 0 Å². The number of carbonyl (C=O) groups excluding carboxylic acids is 3. The highest BCUT2D eigenvalue weighted by atomic mass is 16.5. The summed E-state index contributed by atoms with van der Waals surface area (Å²) in [6.45, 7) is 2.41. The van der Waals surface area contributed by atoms with Crippen LogP contribution in [-0.2, 0) is 19.1 Å². The van der Waals surface area contributed by atoms with E-state index < -0.39 is 11.9 Å². The highest BCUT2D eigenvalue weighted by Gasteiger charge is 2.02. The molecule has 0 aliphatic heterocycles. The van der Waals surface area contributed by atoms with E-state index in [4.69, 9.17) is 4.74 Å². The lowest BCUT2D eigenvalue weighted by Crippen LogP contribution is -2.30. The van der Waals surface area contributed by atoms with Crippen LogP contribution in [0.25, 0.3) is 0 Å². The van der Waals surface area contributed by atoms with Gasteiger partial charge >= 0.3 is 18.0 Å². The number of carbonyl (C=O) groups is 3. The van der Waals surface area contributed by atoms with E-state index in [-0.39, 0.29) is 19.2 Å². The summed E-state index contributed by atoms with van der Waals surface area (Å²) < 4.78 is 9.49. The quantitative estimate of drug-likeness (QED) is 0.433. The van der Waals surface area contributed by atoms with Crippen LogP contribution < -0.4 is 10.6 Å². The first-order chi connectivity index (χ1) is 11.1. The van der Waals surface area contributed by atoms with Gasteiger partial charge in [-0.1, -0.05) is 18.2 Å². The van der Waals surface area contributed by atoms with Gasteiger partial charge in [0.25, 0.3) is 0 Å². The molecule has 0 bridgehead atoms. The molecule has 0 saturated heterocycles. The Labute approximate surface area is 134 Å². The summed E-state index contributed by atoms with van der Waals surface area (Å²) in [7, 11) is 0. The van der Waals surface area contributed by atoms with Gasteiger partial charge in [0.1, 0.15) is 0 Å². The molecule has 0 spiro atoms. The van der Waals surface area contributed by atoms with Gasteiger partial charge in [-0.3, -0.25) is 0 Å². The molecule has 0 aromatic heterocycles. The van der Waals surface area contributed by atoms with Gasteiger partial charge in [-0.05, 0) is 25.5 Å². The molecule has 1 aromatic carbocycles. The highest BCUT2D eigenvalue weighted by Crippen LogP contribution is 2.03. The lowest BCUT2D eigenvalue weighted by atomic mass is 10.3. The monoisotopic (exact) mass is 320 g/mol. The Bertz CT molecular complexity index is 543. The van der Waals surface area contributed by atoms with E-state index in [2.05, 4.69) is 15.4 Å². The van der Waals surface area contributed by atoms with Crippen LogP contribution >= 0.6 is 0 Å². The molecule has 1 rings (SSSR count). The fraction of sp³-hybridized carbons (Fsp3) is 0.312. The molecule has 23 heavy (non-hydrogen) atoms. The third-order valence-electron chi connectivity index (χ3n) is 2.52. The largest absolute Gasteiger partial charge is 0.463 e. The normalized spacial score (nSPS) is 10.1. The SMILES string of the molecule is CCOC(=O)/C=C/C(=O)OCCCNC(=O)Nc1ccccc1. The zero-order chi connectivity index (χ0) is 16.9. The number of urea groups is 1. The van der Waals surface area contributed by atoms with Crippen LogP contribution in [0.4, 0.5) is 10.5 Å². The summed E-state index contributed by atoms with van der Waals surface area (Å²) in [5.74, 6) is -1.23. The van der Waals surface area contributed by atoms with E-state index >= 15 is 0 Å². The van der Waals surface area contributed by atoms with Gasteiger partial charge in [0.2, 0.25) is 0 Å². The predicted octanol–water partition coefficient (Wildman–Crippen LogP) is 1.86. The Morgan fingerprint density at radius 1 is 1.04 bits per heavy atom. The van der Waals surface area contributed by atoms with E-state index in [1.807, 2.05) is 18.2 Å². The van der Waals surface area contributed by atoms with Gasteiger partial charge in [-0.25, -0.2) is 14.4 Å². The molecule has 0 heterocycles. The molecule has 0 saturated carbocycles. The maximum Gasteiger partial charge on any atom is 0.331 e. The van der Waals surface area contributed by atoms with Gasteiger partial charge in [0, 0.05) is 24.4 Å². The number of ether oxygens (including phenoxy) is 2. The van der Waals surface area contributed by atoms with Crippen molar-refractivity contribution >= 4 is 23.7 Å². The van der Waals surface area contributed by atoms with Crippen LogP contribution in [0.1, 0.15) is 13.3 Å². The van der Waals surface area contributed by atoms with Crippen LogP contribution in [0.5, 0.6) is 0 Å². The van der Waals surface area contributed by atoms with Crippen molar-refractivity contribution in [2.75, 3.05) is 25.1 Å². The predicted molar refractivity (Wildman–Crippen MR) is 84.8 cm³/mol. The average molecular weight is 320 g/mol. The zero-order valence-corrected chi connectivity index (χ0v) is 12.9. The highest BCUT2D eigenvalue weighted by molar-refractivity contribution is 5.91. The van der Waals surface area contributed by atoms with E-state index in [0.717, 1.165) is 12.2 Å². The Hall–Kier alpha value is -2.83. The van der Waals surface area contributed by atoms with Gasteiger partial charge in [-0.2, -0.15) is 0 Å². The molecule has 124 valence electrons. The number of hydrogen-bond acceptors (Lipinski definition) is 5. The van der Waals surface area contributed by atoms with Crippen LogP contribution in [0.2, 0.25) is 0 Å². The molecule has 7 heteroatoms. The molecule has 1 aromatic rings. The molecule has 0 fully saturated rings. The fourth-order valence-electron chi connectivity index (χ4n) is 1.52. The Balaban J connectivity index is 2.09. The van der Waals surface area contributed by atoms with Gasteiger partial charge in [0.05, 0.1) is 13.2 Å². The maximum absolute atomic E-state index is 11.6. The smallest absolute Gasteiger partial charge is 0.331 e. The maximum atomic E-state index is 11.6. The number of rotatable bonds is 8. The number of amides is 2. The summed E-state index contributed by atoms with van der Waals surface area (Å²) in [4.78, 5) is 33.8. The summed E-state index contributed by atoms with van der Waals surface area (Å²) in [6.07, 6.45) is 2.48. The standard InChI is InChI=1S/C16H20N2O5/c1-2-22-14(19)9-10-15(20)23-12-6-11-17-16(21)18-13-7-4-3-5-8-13/h3-5,7-10H,2,6,11-12H2,1H3,(H2,17,18,21)/b10-9+. The molecule has 0 atom stereocenters. The number of para-hydroxylation sites is 1. The molecule has 2 amide bonds. The zero-order valence-electron chi connectivity index (χ0n) is 12.9. The van der Waals surface area contributed by atoms with Crippen molar-refractivity contribution in [1.29, 1.82) is 0 Å². The van der Waals surface area contributed by atoms with E-state index in [1.165, 1.54) is 0 Å². The van der Waals surface area contributed by atoms with E-state index in [1.54, 1.807) is 19.1 Å². The second kappa shape index (κ2) is 10.8. The summed E-state index contributed by atoms with van der Waals surface area (Å²) in [5, 5.41) is 5.30. The molecule has 0 radical (unpaired) electrons. The van der Waals surface area contributed by atoms with Crippen molar-refractivity contribution in [2.45, 2.75) is 13.3 Å². The van der Waals surface area contributed by atoms with Gasteiger partial charge in [-0.15, -0.1) is 0 Å². The third-order valence-corrected chi connectivity index (χ3v) is 2.52. The summed E-state index contributed by atoms with van der Waals surface area (Å²) in [6, 6.07) is 8.71. The number of esters is 2. The van der Waals surface area contributed by atoms with E-state index in [0.29, 0.717) is 18.7 Å². The summed E-state index contributed by atoms with van der Waals surface area (Å²) >= 11 is 0. The fourth-order valence-corrected chi connectivity index (χ4v) is 1.52. The molecule has 0 aliphatic rings. The Morgan fingerprint density at radius 3 is 2.35 bits per heavy atom. The minimum atomic E-state index is -0.633. The van der Waals surface area contributed by atoms with Gasteiger partial charge < -0.3 is 20.1 Å². The Morgan fingerprint density at radius 2 is 1.70 bits per heavy atom. The number of benzene rings is 1. The van der Waals surface area contributed by atoms with Crippen molar-refractivity contribution < 1.29 is 23.9 Å². The number of nitrogens with one attached hydrogen (secondary N) is 2. The molecule has 0 unspecified atom stereocenters. The van der Waals surface area contributed by atoms with Crippen molar-refractivity contribution in [3.05, 3.63) is 42.5 Å². The first kappa shape index (κ1) is 18.2.